The van der Waals surface area contributed by atoms with E-state index in [0.717, 1.165) is 0 Å². The maximum absolute atomic E-state index is 12.6. The van der Waals surface area contributed by atoms with Gasteiger partial charge in [0.1, 0.15) is 0 Å². The van der Waals surface area contributed by atoms with Crippen molar-refractivity contribution in [2.75, 3.05) is 0 Å². The molecule has 0 aliphatic rings. The first-order valence-electron chi connectivity index (χ1n) is 3.63. The Hall–Kier alpha value is -1.77. The van der Waals surface area contributed by atoms with Gasteiger partial charge in [-0.3, -0.25) is 4.79 Å². The molecule has 6 heteroatoms. The van der Waals surface area contributed by atoms with Crippen molar-refractivity contribution in [1.82, 2.24) is 4.98 Å². The second-order valence-corrected chi connectivity index (χ2v) is 2.49. The molecule has 1 aromatic rings. The van der Waals surface area contributed by atoms with E-state index in [-0.39, 0.29) is 0 Å². The molecule has 1 heterocycles. The molecule has 0 aliphatic carbocycles. The number of H-pyrrole nitrogens is 1. The maximum atomic E-state index is 12.6. The summed E-state index contributed by atoms with van der Waals surface area (Å²) in [5.74, 6) is -1.17. The van der Waals surface area contributed by atoms with Crippen LogP contribution in [-0.2, 0) is 6.42 Å². The van der Waals surface area contributed by atoms with Gasteiger partial charge < -0.3 is 4.98 Å². The van der Waals surface area contributed by atoms with Crippen molar-refractivity contribution in [3.63, 3.8) is 0 Å². The van der Waals surface area contributed by atoms with Crippen LogP contribution in [0.4, 0.5) is 13.2 Å². The Morgan fingerprint density at radius 1 is 1.57 bits per heavy atom. The fourth-order valence-corrected chi connectivity index (χ4v) is 1.01. The third-order valence-corrected chi connectivity index (χ3v) is 1.64. The van der Waals surface area contributed by atoms with Gasteiger partial charge in [0.25, 0.3) is 6.43 Å². The highest BCUT2D eigenvalue weighted by Gasteiger charge is 2.18. The van der Waals surface area contributed by atoms with Crippen LogP contribution in [0.1, 0.15) is 17.7 Å². The molecule has 0 unspecified atom stereocenters. The minimum absolute atomic E-state index is 0.512. The van der Waals surface area contributed by atoms with E-state index < -0.39 is 35.3 Å². The molecular weight excluding hydrogens is 197 g/mol. The summed E-state index contributed by atoms with van der Waals surface area (Å²) in [6.45, 7) is 0. The summed E-state index contributed by atoms with van der Waals surface area (Å²) >= 11 is 0. The molecule has 0 amide bonds. The smallest absolute Gasteiger partial charge is 0.278 e. The van der Waals surface area contributed by atoms with Crippen LogP contribution < -0.4 is 5.43 Å². The van der Waals surface area contributed by atoms with Crippen LogP contribution in [0.2, 0.25) is 0 Å². The fraction of sp³-hybridized carbons (Fsp3) is 0.250. The summed E-state index contributed by atoms with van der Waals surface area (Å²) in [5.41, 5.74) is -2.36. The molecule has 1 rings (SSSR count). The molecule has 0 radical (unpaired) electrons. The van der Waals surface area contributed by atoms with E-state index in [1.54, 1.807) is 0 Å². The number of nitrogens with zero attached hydrogens (tertiary/aromatic N) is 1. The number of aromatic amines is 1. The fourth-order valence-electron chi connectivity index (χ4n) is 1.01. The van der Waals surface area contributed by atoms with Crippen molar-refractivity contribution in [2.24, 2.45) is 0 Å². The zero-order valence-corrected chi connectivity index (χ0v) is 6.85. The summed E-state index contributed by atoms with van der Waals surface area (Å²) in [6, 6.07) is 1.53. The lowest BCUT2D eigenvalue weighted by Crippen LogP contribution is -2.17. The van der Waals surface area contributed by atoms with Crippen molar-refractivity contribution in [3.05, 3.63) is 33.5 Å². The summed E-state index contributed by atoms with van der Waals surface area (Å²) in [4.78, 5) is 13.0. The molecule has 0 bridgehead atoms. The van der Waals surface area contributed by atoms with Crippen molar-refractivity contribution in [1.29, 1.82) is 5.26 Å². The molecule has 0 saturated heterocycles. The third-order valence-electron chi connectivity index (χ3n) is 1.64. The van der Waals surface area contributed by atoms with Crippen molar-refractivity contribution in [3.8, 4) is 6.07 Å². The van der Waals surface area contributed by atoms with Crippen LogP contribution in [0.5, 0.6) is 0 Å². The lowest BCUT2D eigenvalue weighted by atomic mass is 10.1. The standard InChI is InChI=1S/C8H5F3N2O/c9-5-3-13-6(8(10)11)4(1-2-12)7(5)14/h3,8H,1H2,(H,13,14). The Morgan fingerprint density at radius 2 is 2.21 bits per heavy atom. The van der Waals surface area contributed by atoms with E-state index in [1.807, 2.05) is 4.98 Å². The van der Waals surface area contributed by atoms with Crippen LogP contribution in [0.15, 0.2) is 11.0 Å². The van der Waals surface area contributed by atoms with Gasteiger partial charge in [0, 0.05) is 11.8 Å². The number of rotatable bonds is 2. The Balaban J connectivity index is 3.39. The molecule has 3 nitrogen and oxygen atoms in total. The average Bonchev–Trinajstić information content (AvgIpc) is 2.13. The number of pyridine rings is 1. The molecule has 14 heavy (non-hydrogen) atoms. The van der Waals surface area contributed by atoms with Crippen molar-refractivity contribution < 1.29 is 13.2 Å². The Morgan fingerprint density at radius 3 is 2.71 bits per heavy atom. The number of hydrogen-bond acceptors (Lipinski definition) is 2. The topological polar surface area (TPSA) is 56.6 Å². The van der Waals surface area contributed by atoms with Crippen molar-refractivity contribution >= 4 is 0 Å². The van der Waals surface area contributed by atoms with Gasteiger partial charge in [-0.2, -0.15) is 5.26 Å². The van der Waals surface area contributed by atoms with E-state index >= 15 is 0 Å². The summed E-state index contributed by atoms with van der Waals surface area (Å²) in [7, 11) is 0. The number of nitriles is 1. The van der Waals surface area contributed by atoms with E-state index in [1.165, 1.54) is 6.07 Å². The predicted molar refractivity (Wildman–Crippen MR) is 41.3 cm³/mol. The highest BCUT2D eigenvalue weighted by Crippen LogP contribution is 2.18. The molecule has 0 aliphatic heterocycles. The van der Waals surface area contributed by atoms with Gasteiger partial charge in [0.2, 0.25) is 5.43 Å². The number of halogens is 3. The molecular formula is C8H5F3N2O. The summed E-state index contributed by atoms with van der Waals surface area (Å²) in [5, 5.41) is 8.27. The monoisotopic (exact) mass is 202 g/mol. The van der Waals surface area contributed by atoms with Gasteiger partial charge in [-0.15, -0.1) is 0 Å². The Kier molecular flexibility index (Phi) is 2.92. The SMILES string of the molecule is N#CCc1c(C(F)F)[nH]cc(F)c1=O. The molecule has 74 valence electrons. The van der Waals surface area contributed by atoms with Crippen LogP contribution in [0, 0.1) is 17.1 Å². The van der Waals surface area contributed by atoms with Gasteiger partial charge >= 0.3 is 0 Å². The first-order chi connectivity index (χ1) is 6.57. The van der Waals surface area contributed by atoms with Gasteiger partial charge in [-0.1, -0.05) is 0 Å². The van der Waals surface area contributed by atoms with Crippen molar-refractivity contribution in [2.45, 2.75) is 12.8 Å². The van der Waals surface area contributed by atoms with E-state index in [2.05, 4.69) is 0 Å². The first kappa shape index (κ1) is 10.3. The van der Waals surface area contributed by atoms with E-state index in [4.69, 9.17) is 5.26 Å². The number of hydrogen-bond donors (Lipinski definition) is 1. The minimum Gasteiger partial charge on any atom is -0.357 e. The first-order valence-corrected chi connectivity index (χ1v) is 3.63. The molecule has 0 fully saturated rings. The van der Waals surface area contributed by atoms with Gasteiger partial charge in [-0.05, 0) is 0 Å². The molecule has 0 aromatic carbocycles. The second kappa shape index (κ2) is 3.96. The van der Waals surface area contributed by atoms with E-state index in [9.17, 15) is 18.0 Å². The number of aromatic nitrogens is 1. The van der Waals surface area contributed by atoms with E-state index in [0.29, 0.717) is 6.20 Å². The molecule has 0 spiro atoms. The normalized spacial score (nSPS) is 10.2. The Labute approximate surface area is 76.8 Å². The minimum atomic E-state index is -2.92. The van der Waals surface area contributed by atoms with Crippen LogP contribution in [0.25, 0.3) is 0 Å². The molecule has 1 aromatic heterocycles. The second-order valence-electron chi connectivity index (χ2n) is 2.49. The van der Waals surface area contributed by atoms with Gasteiger partial charge in [-0.25, -0.2) is 13.2 Å². The molecule has 1 N–H and O–H groups in total. The lowest BCUT2D eigenvalue weighted by molar-refractivity contribution is 0.144. The quantitative estimate of drug-likeness (QED) is 0.790. The van der Waals surface area contributed by atoms with Gasteiger partial charge in [0.05, 0.1) is 18.2 Å². The van der Waals surface area contributed by atoms with Crippen LogP contribution in [-0.4, -0.2) is 4.98 Å². The van der Waals surface area contributed by atoms with Crippen LogP contribution in [0.3, 0.4) is 0 Å². The third kappa shape index (κ3) is 1.76. The average molecular weight is 202 g/mol. The zero-order valence-electron chi connectivity index (χ0n) is 6.85. The largest absolute Gasteiger partial charge is 0.357 e. The van der Waals surface area contributed by atoms with Gasteiger partial charge in [0.15, 0.2) is 5.82 Å². The number of alkyl halides is 2. The van der Waals surface area contributed by atoms with Crippen LogP contribution >= 0.6 is 0 Å². The highest BCUT2D eigenvalue weighted by atomic mass is 19.3. The zero-order chi connectivity index (χ0) is 10.7. The summed E-state index contributed by atoms with van der Waals surface area (Å²) < 4.78 is 37.2. The maximum Gasteiger partial charge on any atom is 0.278 e. The molecule has 0 atom stereocenters. The Bertz CT molecular complexity index is 433. The number of nitrogens with one attached hydrogen (secondary N) is 1. The predicted octanol–water partition coefficient (Wildman–Crippen LogP) is 1.52. The highest BCUT2D eigenvalue weighted by molar-refractivity contribution is 5.24. The molecule has 0 saturated carbocycles. The summed E-state index contributed by atoms with van der Waals surface area (Å²) in [6.07, 6.45) is -2.90. The lowest BCUT2D eigenvalue weighted by Gasteiger charge is -2.04.